The highest BCUT2D eigenvalue weighted by atomic mass is 19.4. The lowest BCUT2D eigenvalue weighted by atomic mass is 9.88. The van der Waals surface area contributed by atoms with Crippen LogP contribution in [0.5, 0.6) is 5.75 Å². The van der Waals surface area contributed by atoms with Crippen LogP contribution in [0.3, 0.4) is 0 Å². The summed E-state index contributed by atoms with van der Waals surface area (Å²) in [6.07, 6.45) is -0.784. The SMILES string of the molecule is Cc1ccccc1/C(C1=CCNCC1)=C(\OC=O)C(C)n1nc(-c2cc(O)cc(C(F)(F)F)c2)c2c(N)ncnc21. The van der Waals surface area contributed by atoms with Crippen LogP contribution in [0, 0.1) is 6.92 Å². The van der Waals surface area contributed by atoms with E-state index in [1.807, 2.05) is 37.3 Å². The van der Waals surface area contributed by atoms with Gasteiger partial charge in [0.05, 0.1) is 10.9 Å². The number of rotatable bonds is 7. The number of phenolic OH excluding ortho intramolecular Hbond substituents is 1. The first-order valence-corrected chi connectivity index (χ1v) is 12.8. The van der Waals surface area contributed by atoms with Crippen molar-refractivity contribution in [3.63, 3.8) is 0 Å². The zero-order valence-electron chi connectivity index (χ0n) is 22.2. The quantitative estimate of drug-likeness (QED) is 0.207. The molecule has 12 heteroatoms. The molecule has 4 aromatic rings. The molecule has 4 N–H and O–H groups in total. The number of aromatic nitrogens is 4. The Kier molecular flexibility index (Phi) is 7.50. The molecule has 0 amide bonds. The average molecular weight is 565 g/mol. The lowest BCUT2D eigenvalue weighted by Crippen LogP contribution is -2.22. The number of aryl methyl sites for hydroxylation is 1. The second-order valence-corrected chi connectivity index (χ2v) is 9.64. The predicted molar refractivity (Wildman–Crippen MR) is 147 cm³/mol. The first-order valence-electron chi connectivity index (χ1n) is 12.8. The van der Waals surface area contributed by atoms with Crippen molar-refractivity contribution in [3.8, 4) is 17.0 Å². The molecule has 0 bridgehead atoms. The summed E-state index contributed by atoms with van der Waals surface area (Å²) in [7, 11) is 0. The fourth-order valence-corrected chi connectivity index (χ4v) is 5.08. The monoisotopic (exact) mass is 564 g/mol. The molecule has 2 aromatic heterocycles. The Bertz CT molecular complexity index is 1690. The molecule has 41 heavy (non-hydrogen) atoms. The van der Waals surface area contributed by atoms with Crippen LogP contribution in [0.25, 0.3) is 27.9 Å². The number of nitrogen functional groups attached to an aromatic ring is 1. The summed E-state index contributed by atoms with van der Waals surface area (Å²) < 4.78 is 47.9. The smallest absolute Gasteiger partial charge is 0.416 e. The minimum Gasteiger partial charge on any atom is -0.508 e. The van der Waals surface area contributed by atoms with Gasteiger partial charge in [-0.1, -0.05) is 30.3 Å². The topological polar surface area (TPSA) is 128 Å². The van der Waals surface area contributed by atoms with Gasteiger partial charge in [0.1, 0.15) is 35.4 Å². The molecule has 1 aliphatic rings. The Hall–Kier alpha value is -4.71. The van der Waals surface area contributed by atoms with Gasteiger partial charge in [-0.3, -0.25) is 4.79 Å². The number of alkyl halides is 3. The van der Waals surface area contributed by atoms with Crippen molar-refractivity contribution >= 4 is 28.9 Å². The Morgan fingerprint density at radius 3 is 2.68 bits per heavy atom. The van der Waals surface area contributed by atoms with Gasteiger partial charge in [0.15, 0.2) is 5.65 Å². The Morgan fingerprint density at radius 2 is 2.00 bits per heavy atom. The minimum atomic E-state index is -4.71. The molecule has 3 heterocycles. The molecular formula is C29H27F3N6O3. The van der Waals surface area contributed by atoms with Crippen molar-refractivity contribution in [2.75, 3.05) is 18.8 Å². The summed E-state index contributed by atoms with van der Waals surface area (Å²) in [4.78, 5) is 20.2. The summed E-state index contributed by atoms with van der Waals surface area (Å²) >= 11 is 0. The van der Waals surface area contributed by atoms with Gasteiger partial charge in [-0.2, -0.15) is 18.3 Å². The molecule has 1 unspecified atom stereocenters. The van der Waals surface area contributed by atoms with Gasteiger partial charge in [-0.25, -0.2) is 14.6 Å². The number of hydrogen-bond acceptors (Lipinski definition) is 8. The second-order valence-electron chi connectivity index (χ2n) is 9.64. The van der Waals surface area contributed by atoms with E-state index in [1.54, 1.807) is 6.92 Å². The number of fused-ring (bicyclic) bond motifs is 1. The average Bonchev–Trinajstić information content (AvgIpc) is 3.34. The molecule has 0 saturated carbocycles. The number of nitrogens with one attached hydrogen (secondary N) is 1. The van der Waals surface area contributed by atoms with E-state index in [-0.39, 0.29) is 33.9 Å². The van der Waals surface area contributed by atoms with E-state index in [0.29, 0.717) is 31.1 Å². The largest absolute Gasteiger partial charge is 0.508 e. The molecule has 1 aliphatic heterocycles. The number of carbonyl (C=O) groups excluding carboxylic acids is 1. The standard InChI is InChI=1S/C29H27F3N6O3/c1-16-5-3-4-6-22(16)23(18-7-9-34-10-8-18)26(41-15-39)17(2)38-28-24(27(33)35-14-36-28)25(37-38)19-11-20(29(30,31)32)13-21(40)12-19/h3-7,11-15,17,34,40H,8-10H2,1-2H3,(H2,33,35,36)/b26-23-. The van der Waals surface area contributed by atoms with Crippen molar-refractivity contribution in [1.82, 2.24) is 25.1 Å². The minimum absolute atomic E-state index is 0.0117. The number of benzene rings is 2. The lowest BCUT2D eigenvalue weighted by molar-refractivity contribution is -0.137. The fraction of sp³-hybridized carbons (Fsp3) is 0.241. The number of halogens is 3. The number of hydrogen-bond donors (Lipinski definition) is 3. The molecule has 212 valence electrons. The maximum Gasteiger partial charge on any atom is 0.416 e. The van der Waals surface area contributed by atoms with Gasteiger partial charge in [-0.15, -0.1) is 0 Å². The molecular weight excluding hydrogens is 537 g/mol. The van der Waals surface area contributed by atoms with E-state index in [4.69, 9.17) is 10.5 Å². The number of aromatic hydroxyl groups is 1. The zero-order chi connectivity index (χ0) is 29.3. The van der Waals surface area contributed by atoms with Crippen molar-refractivity contribution in [1.29, 1.82) is 0 Å². The van der Waals surface area contributed by atoms with Crippen LogP contribution >= 0.6 is 0 Å². The molecule has 5 rings (SSSR count). The van der Waals surface area contributed by atoms with E-state index < -0.39 is 23.5 Å². The summed E-state index contributed by atoms with van der Waals surface area (Å²) in [5, 5.41) is 18.2. The van der Waals surface area contributed by atoms with Gasteiger partial charge in [-0.05, 0) is 61.7 Å². The van der Waals surface area contributed by atoms with Gasteiger partial charge in [0.25, 0.3) is 6.47 Å². The van der Waals surface area contributed by atoms with Crippen LogP contribution in [-0.2, 0) is 15.7 Å². The van der Waals surface area contributed by atoms with E-state index in [2.05, 4.69) is 20.4 Å². The highest BCUT2D eigenvalue weighted by Crippen LogP contribution is 2.41. The third-order valence-corrected chi connectivity index (χ3v) is 7.00. The van der Waals surface area contributed by atoms with Crippen LogP contribution < -0.4 is 11.1 Å². The summed E-state index contributed by atoms with van der Waals surface area (Å²) in [6.45, 7) is 5.39. The van der Waals surface area contributed by atoms with Crippen molar-refractivity contribution in [2.24, 2.45) is 0 Å². The Morgan fingerprint density at radius 1 is 1.22 bits per heavy atom. The van der Waals surface area contributed by atoms with E-state index in [0.717, 1.165) is 35.4 Å². The molecule has 0 saturated heterocycles. The van der Waals surface area contributed by atoms with Gasteiger partial charge in [0, 0.05) is 17.7 Å². The number of carbonyl (C=O) groups is 1. The van der Waals surface area contributed by atoms with Crippen molar-refractivity contribution < 1.29 is 27.8 Å². The van der Waals surface area contributed by atoms with Crippen LogP contribution in [-0.4, -0.2) is 44.4 Å². The number of nitrogens with zero attached hydrogens (tertiary/aromatic N) is 4. The number of phenols is 1. The van der Waals surface area contributed by atoms with Crippen molar-refractivity contribution in [3.05, 3.63) is 82.9 Å². The number of allylic oxidation sites excluding steroid dienone is 2. The summed E-state index contributed by atoms with van der Waals surface area (Å²) in [6, 6.07) is 9.59. The van der Waals surface area contributed by atoms with Crippen LogP contribution in [0.4, 0.5) is 19.0 Å². The highest BCUT2D eigenvalue weighted by molar-refractivity contribution is 5.98. The zero-order valence-corrected chi connectivity index (χ0v) is 22.2. The van der Waals surface area contributed by atoms with Crippen LogP contribution in [0.2, 0.25) is 0 Å². The molecule has 9 nitrogen and oxygen atoms in total. The number of anilines is 1. The van der Waals surface area contributed by atoms with Crippen LogP contribution in [0.15, 0.2) is 66.2 Å². The second kappa shape index (κ2) is 11.0. The normalized spacial score (nSPS) is 15.3. The Balaban J connectivity index is 1.78. The molecule has 1 atom stereocenters. The van der Waals surface area contributed by atoms with Gasteiger partial charge >= 0.3 is 6.18 Å². The third kappa shape index (κ3) is 5.38. The maximum absolute atomic E-state index is 13.6. The van der Waals surface area contributed by atoms with Crippen LogP contribution in [0.1, 0.15) is 36.1 Å². The lowest BCUT2D eigenvalue weighted by Gasteiger charge is -2.25. The van der Waals surface area contributed by atoms with E-state index in [9.17, 15) is 23.1 Å². The Labute approximate surface area is 233 Å². The van der Waals surface area contributed by atoms with E-state index >= 15 is 0 Å². The number of ether oxygens (including phenoxy) is 1. The fourth-order valence-electron chi connectivity index (χ4n) is 5.08. The van der Waals surface area contributed by atoms with Crippen molar-refractivity contribution in [2.45, 2.75) is 32.5 Å². The molecule has 2 aromatic carbocycles. The van der Waals surface area contributed by atoms with Gasteiger partial charge in [0.2, 0.25) is 0 Å². The maximum atomic E-state index is 13.6. The first kappa shape index (κ1) is 27.8. The van der Waals surface area contributed by atoms with Gasteiger partial charge < -0.3 is 20.9 Å². The molecule has 0 spiro atoms. The summed E-state index contributed by atoms with van der Waals surface area (Å²) in [5.41, 5.74) is 8.86. The number of nitrogens with two attached hydrogens (primary N) is 1. The highest BCUT2D eigenvalue weighted by Gasteiger charge is 2.33. The summed E-state index contributed by atoms with van der Waals surface area (Å²) in [5.74, 6) is -0.324. The molecule has 0 fully saturated rings. The predicted octanol–water partition coefficient (Wildman–Crippen LogP) is 5.17. The van der Waals surface area contributed by atoms with E-state index in [1.165, 1.54) is 11.0 Å². The first-order chi connectivity index (χ1) is 19.6. The molecule has 0 aliphatic carbocycles. The third-order valence-electron chi connectivity index (χ3n) is 7.00. The molecule has 0 radical (unpaired) electrons.